The summed E-state index contributed by atoms with van der Waals surface area (Å²) in [5.41, 5.74) is 0.343. The van der Waals surface area contributed by atoms with Gasteiger partial charge in [0.25, 0.3) is 5.56 Å². The fraction of sp³-hybridized carbons (Fsp3) is 0. The van der Waals surface area contributed by atoms with Gasteiger partial charge in [0.2, 0.25) is 5.78 Å². The molecule has 68 valence electrons. The van der Waals surface area contributed by atoms with Crippen LogP contribution in [0, 0.1) is 0 Å². The van der Waals surface area contributed by atoms with Crippen molar-refractivity contribution in [3.8, 4) is 0 Å². The van der Waals surface area contributed by atoms with Crippen LogP contribution in [0.25, 0.3) is 16.8 Å². The largest absolute Gasteiger partial charge is 0.291 e. The number of imidazole rings is 1. The summed E-state index contributed by atoms with van der Waals surface area (Å²) in [4.78, 5) is 25.9. The molecule has 0 radical (unpaired) electrons. The molecule has 0 saturated heterocycles. The van der Waals surface area contributed by atoms with E-state index in [1.807, 2.05) is 0 Å². The number of hydrogen-bond donors (Lipinski definition) is 1. The molecular weight excluding hydrogens is 182 g/mol. The van der Waals surface area contributed by atoms with Gasteiger partial charge in [-0.1, -0.05) is 0 Å². The van der Waals surface area contributed by atoms with Gasteiger partial charge in [-0.05, 0) is 0 Å². The van der Waals surface area contributed by atoms with Gasteiger partial charge in [0, 0.05) is 18.6 Å². The van der Waals surface area contributed by atoms with Crippen molar-refractivity contribution in [2.75, 3.05) is 0 Å². The van der Waals surface area contributed by atoms with Crippen LogP contribution in [0.4, 0.5) is 0 Å². The van der Waals surface area contributed by atoms with Crippen molar-refractivity contribution in [3.63, 3.8) is 0 Å². The fourth-order valence-corrected chi connectivity index (χ4v) is 1.41. The Morgan fingerprint density at radius 1 is 1.36 bits per heavy atom. The topological polar surface area (TPSA) is 75.9 Å². The number of aromatic amines is 1. The number of rotatable bonds is 0. The van der Waals surface area contributed by atoms with Gasteiger partial charge < -0.3 is 0 Å². The Bertz CT molecular complexity index is 668. The first-order valence-corrected chi connectivity index (χ1v) is 4.01. The third-order valence-electron chi connectivity index (χ3n) is 2.03. The van der Waals surface area contributed by atoms with Crippen molar-refractivity contribution in [2.24, 2.45) is 0 Å². The van der Waals surface area contributed by atoms with E-state index in [-0.39, 0.29) is 5.56 Å². The summed E-state index contributed by atoms with van der Waals surface area (Å²) in [7, 11) is 0. The summed E-state index contributed by atoms with van der Waals surface area (Å²) in [5.74, 6) is 0.487. The highest BCUT2D eigenvalue weighted by Gasteiger charge is 2.04. The molecule has 3 rings (SSSR count). The average Bonchev–Trinajstić information content (AvgIpc) is 2.66. The standard InChI is InChI=1S/C8H5N5O/c14-7-5-3-9-4-11-6(5)13-2-1-10-8(13)12-7/h1-4H,(H,10,12,14). The van der Waals surface area contributed by atoms with E-state index in [0.717, 1.165) is 0 Å². The second-order valence-electron chi connectivity index (χ2n) is 2.83. The maximum atomic E-state index is 11.5. The predicted octanol–water partition coefficient (Wildman–Crippen LogP) is -0.0342. The van der Waals surface area contributed by atoms with E-state index in [4.69, 9.17) is 0 Å². The number of hydrogen-bond acceptors (Lipinski definition) is 4. The van der Waals surface area contributed by atoms with Crippen LogP contribution in [0.5, 0.6) is 0 Å². The van der Waals surface area contributed by atoms with Gasteiger partial charge in [0.1, 0.15) is 11.7 Å². The second kappa shape index (κ2) is 2.38. The third kappa shape index (κ3) is 0.792. The molecule has 0 aliphatic carbocycles. The Hall–Kier alpha value is -2.24. The molecule has 0 bridgehead atoms. The summed E-state index contributed by atoms with van der Waals surface area (Å²) in [5, 5.41) is 0.456. The molecule has 0 atom stereocenters. The van der Waals surface area contributed by atoms with Gasteiger partial charge in [-0.2, -0.15) is 0 Å². The summed E-state index contributed by atoms with van der Waals surface area (Å²) in [6, 6.07) is 0. The highest BCUT2D eigenvalue weighted by molar-refractivity contribution is 5.74. The first-order chi connectivity index (χ1) is 6.86. The quantitative estimate of drug-likeness (QED) is 0.536. The minimum Gasteiger partial charge on any atom is -0.291 e. The normalized spacial score (nSPS) is 11.1. The number of aromatic nitrogens is 5. The zero-order chi connectivity index (χ0) is 9.54. The maximum Gasteiger partial charge on any atom is 0.263 e. The van der Waals surface area contributed by atoms with Gasteiger partial charge in [0.15, 0.2) is 5.65 Å². The van der Waals surface area contributed by atoms with Crippen molar-refractivity contribution in [2.45, 2.75) is 0 Å². The molecule has 3 aromatic rings. The molecule has 3 aromatic heterocycles. The molecule has 14 heavy (non-hydrogen) atoms. The summed E-state index contributed by atoms with van der Waals surface area (Å²) in [6.07, 6.45) is 6.23. The van der Waals surface area contributed by atoms with Crippen LogP contribution in [0.2, 0.25) is 0 Å². The lowest BCUT2D eigenvalue weighted by Gasteiger charge is -1.97. The molecular formula is C8H5N5O. The molecule has 0 aliphatic rings. The molecule has 0 spiro atoms. The molecule has 0 unspecified atom stereocenters. The van der Waals surface area contributed by atoms with E-state index in [0.29, 0.717) is 16.8 Å². The maximum absolute atomic E-state index is 11.5. The van der Waals surface area contributed by atoms with Crippen LogP contribution in [-0.2, 0) is 0 Å². The molecule has 0 amide bonds. The molecule has 0 fully saturated rings. The number of nitrogens with one attached hydrogen (secondary N) is 1. The van der Waals surface area contributed by atoms with Crippen molar-refractivity contribution in [3.05, 3.63) is 35.3 Å². The molecule has 0 aromatic carbocycles. The number of fused-ring (bicyclic) bond motifs is 3. The van der Waals surface area contributed by atoms with E-state index >= 15 is 0 Å². The van der Waals surface area contributed by atoms with Crippen molar-refractivity contribution < 1.29 is 0 Å². The SMILES string of the molecule is O=c1[nH]c2nccn2c2ncncc12. The summed E-state index contributed by atoms with van der Waals surface area (Å²) in [6.45, 7) is 0. The summed E-state index contributed by atoms with van der Waals surface area (Å²) >= 11 is 0. The Kier molecular flexibility index (Phi) is 1.22. The molecule has 6 nitrogen and oxygen atoms in total. The minimum atomic E-state index is -0.223. The van der Waals surface area contributed by atoms with Gasteiger partial charge >= 0.3 is 0 Å². The fourth-order valence-electron chi connectivity index (χ4n) is 1.41. The summed E-state index contributed by atoms with van der Waals surface area (Å²) < 4.78 is 1.71. The van der Waals surface area contributed by atoms with Gasteiger partial charge in [-0.15, -0.1) is 0 Å². The lowest BCUT2D eigenvalue weighted by atomic mass is 10.4. The Morgan fingerprint density at radius 3 is 3.21 bits per heavy atom. The smallest absolute Gasteiger partial charge is 0.263 e. The Morgan fingerprint density at radius 2 is 2.29 bits per heavy atom. The van der Waals surface area contributed by atoms with E-state index in [2.05, 4.69) is 19.9 Å². The first kappa shape index (κ1) is 7.19. The molecule has 3 heterocycles. The molecule has 0 aliphatic heterocycles. The number of nitrogens with zero attached hydrogens (tertiary/aromatic N) is 4. The number of H-pyrrole nitrogens is 1. The van der Waals surface area contributed by atoms with Crippen LogP contribution in [0.1, 0.15) is 0 Å². The van der Waals surface area contributed by atoms with Crippen LogP contribution in [-0.4, -0.2) is 24.3 Å². The van der Waals surface area contributed by atoms with Crippen LogP contribution in [0.3, 0.4) is 0 Å². The monoisotopic (exact) mass is 187 g/mol. The average molecular weight is 187 g/mol. The highest BCUT2D eigenvalue weighted by Crippen LogP contribution is 2.05. The second-order valence-corrected chi connectivity index (χ2v) is 2.83. The minimum absolute atomic E-state index is 0.223. The van der Waals surface area contributed by atoms with Crippen molar-refractivity contribution in [1.82, 2.24) is 24.3 Å². The predicted molar refractivity (Wildman–Crippen MR) is 48.9 cm³/mol. The Labute approximate surface area is 77.3 Å². The van der Waals surface area contributed by atoms with Gasteiger partial charge in [-0.3, -0.25) is 14.2 Å². The van der Waals surface area contributed by atoms with E-state index in [1.54, 1.807) is 16.8 Å². The van der Waals surface area contributed by atoms with Crippen molar-refractivity contribution in [1.29, 1.82) is 0 Å². The highest BCUT2D eigenvalue weighted by atomic mass is 16.1. The first-order valence-electron chi connectivity index (χ1n) is 4.01. The van der Waals surface area contributed by atoms with Gasteiger partial charge in [-0.25, -0.2) is 15.0 Å². The van der Waals surface area contributed by atoms with E-state index in [1.165, 1.54) is 12.5 Å². The molecule has 0 saturated carbocycles. The van der Waals surface area contributed by atoms with Crippen molar-refractivity contribution >= 4 is 16.8 Å². The lowest BCUT2D eigenvalue weighted by Crippen LogP contribution is -2.10. The lowest BCUT2D eigenvalue weighted by molar-refractivity contribution is 1.08. The zero-order valence-corrected chi connectivity index (χ0v) is 7.01. The van der Waals surface area contributed by atoms with E-state index < -0.39 is 0 Å². The molecule has 1 N–H and O–H groups in total. The van der Waals surface area contributed by atoms with Gasteiger partial charge in [0.05, 0.1) is 0 Å². The zero-order valence-electron chi connectivity index (χ0n) is 7.01. The van der Waals surface area contributed by atoms with Crippen LogP contribution in [0.15, 0.2) is 29.7 Å². The van der Waals surface area contributed by atoms with Crippen LogP contribution < -0.4 is 5.56 Å². The van der Waals surface area contributed by atoms with Crippen LogP contribution >= 0.6 is 0 Å². The molecule has 6 heteroatoms. The third-order valence-corrected chi connectivity index (χ3v) is 2.03. The van der Waals surface area contributed by atoms with E-state index in [9.17, 15) is 4.79 Å². The Balaban J connectivity index is 2.74.